The predicted octanol–water partition coefficient (Wildman–Crippen LogP) is 5.36. The van der Waals surface area contributed by atoms with Gasteiger partial charge in [0.15, 0.2) is 11.9 Å². The second kappa shape index (κ2) is 8.67. The Morgan fingerprint density at radius 2 is 1.97 bits per heavy atom. The first-order chi connectivity index (χ1) is 16.0. The molecule has 5 rings (SSSR count). The van der Waals surface area contributed by atoms with Crippen LogP contribution in [-0.2, 0) is 17.6 Å². The largest absolute Gasteiger partial charge is 0.459 e. The zero-order valence-electron chi connectivity index (χ0n) is 18.1. The first-order valence-electron chi connectivity index (χ1n) is 10.6. The van der Waals surface area contributed by atoms with Crippen molar-refractivity contribution in [3.8, 4) is 11.5 Å². The lowest BCUT2D eigenvalue weighted by molar-refractivity contribution is 0.0280. The summed E-state index contributed by atoms with van der Waals surface area (Å²) in [6.07, 6.45) is 3.27. The molecule has 0 radical (unpaired) electrons. The van der Waals surface area contributed by atoms with Gasteiger partial charge in [-0.2, -0.15) is 0 Å². The van der Waals surface area contributed by atoms with Crippen molar-refractivity contribution in [2.75, 3.05) is 5.32 Å². The Morgan fingerprint density at radius 3 is 2.73 bits per heavy atom. The third kappa shape index (κ3) is 4.19. The van der Waals surface area contributed by atoms with Gasteiger partial charge in [0, 0.05) is 10.4 Å². The molecule has 0 spiro atoms. The van der Waals surface area contributed by atoms with Crippen LogP contribution < -0.4 is 5.32 Å². The highest BCUT2D eigenvalue weighted by atomic mass is 32.1. The lowest BCUT2D eigenvalue weighted by atomic mass is 10.1. The van der Waals surface area contributed by atoms with Crippen molar-refractivity contribution in [3.63, 3.8) is 0 Å². The first kappa shape index (κ1) is 21.1. The van der Waals surface area contributed by atoms with E-state index in [2.05, 4.69) is 15.5 Å². The summed E-state index contributed by atoms with van der Waals surface area (Å²) >= 11 is 1.40. The molecule has 8 nitrogen and oxygen atoms in total. The fraction of sp³-hybridized carbons (Fsp3) is 0.250. The number of ether oxygens (including phenoxy) is 1. The predicted molar refractivity (Wildman–Crippen MR) is 121 cm³/mol. The molecule has 4 aromatic rings. The van der Waals surface area contributed by atoms with Gasteiger partial charge in [0.25, 0.3) is 11.8 Å². The average Bonchev–Trinajstić information content (AvgIpc) is 3.58. The number of carbonyl (C=O) groups is 2. The van der Waals surface area contributed by atoms with Gasteiger partial charge < -0.3 is 18.9 Å². The minimum absolute atomic E-state index is 0.172. The highest BCUT2D eigenvalue weighted by Gasteiger charge is 2.31. The topological polar surface area (TPSA) is 107 Å². The number of thiophene rings is 1. The number of furan rings is 1. The smallest absolute Gasteiger partial charge is 0.342 e. The quantitative estimate of drug-likeness (QED) is 0.384. The van der Waals surface area contributed by atoms with Crippen molar-refractivity contribution in [2.24, 2.45) is 0 Å². The second-order valence-electron chi connectivity index (χ2n) is 7.85. The summed E-state index contributed by atoms with van der Waals surface area (Å²) in [6, 6.07) is 10.9. The number of aryl methyl sites for hydroxylation is 2. The Kier molecular flexibility index (Phi) is 5.55. The van der Waals surface area contributed by atoms with E-state index in [0.717, 1.165) is 40.8 Å². The molecular weight excluding hydrogens is 442 g/mol. The SMILES string of the molecule is Cc1ccc(-c2nnc(C(C)OC(=O)c3c(NC(=O)c4ccco4)sc4c3CCC4)o2)cc1. The zero-order valence-corrected chi connectivity index (χ0v) is 18.9. The molecule has 1 atom stereocenters. The summed E-state index contributed by atoms with van der Waals surface area (Å²) in [5, 5.41) is 11.4. The van der Waals surface area contributed by atoms with Crippen LogP contribution in [0.3, 0.4) is 0 Å². The number of carbonyl (C=O) groups excluding carboxylic acids is 2. The third-order valence-electron chi connectivity index (χ3n) is 5.47. The van der Waals surface area contributed by atoms with Crippen LogP contribution in [0.15, 0.2) is 51.5 Å². The fourth-order valence-electron chi connectivity index (χ4n) is 3.76. The number of esters is 1. The van der Waals surface area contributed by atoms with Gasteiger partial charge in [-0.15, -0.1) is 21.5 Å². The van der Waals surface area contributed by atoms with E-state index >= 15 is 0 Å². The second-order valence-corrected chi connectivity index (χ2v) is 8.96. The lowest BCUT2D eigenvalue weighted by Gasteiger charge is -2.11. The summed E-state index contributed by atoms with van der Waals surface area (Å²) in [5.74, 6) is -0.221. The molecule has 0 aliphatic heterocycles. The van der Waals surface area contributed by atoms with Gasteiger partial charge >= 0.3 is 5.97 Å². The summed E-state index contributed by atoms with van der Waals surface area (Å²) < 4.78 is 16.6. The monoisotopic (exact) mass is 463 g/mol. The number of amides is 1. The Morgan fingerprint density at radius 1 is 1.15 bits per heavy atom. The molecule has 168 valence electrons. The van der Waals surface area contributed by atoms with Crippen LogP contribution in [0.25, 0.3) is 11.5 Å². The standard InChI is InChI=1S/C24H21N3O5S/c1-13-8-10-15(11-9-13)22-27-26-21(32-22)14(2)31-24(29)19-16-5-3-7-18(16)33-23(19)25-20(28)17-6-4-12-30-17/h4,6,8-12,14H,3,5,7H2,1-2H3,(H,25,28). The Labute approximate surface area is 193 Å². The van der Waals surface area contributed by atoms with Gasteiger partial charge in [-0.25, -0.2) is 4.79 Å². The average molecular weight is 464 g/mol. The molecule has 1 amide bonds. The number of aromatic nitrogens is 2. The highest BCUT2D eigenvalue weighted by molar-refractivity contribution is 7.17. The van der Waals surface area contributed by atoms with Crippen molar-refractivity contribution in [1.82, 2.24) is 10.2 Å². The van der Waals surface area contributed by atoms with E-state index in [1.165, 1.54) is 17.6 Å². The molecule has 33 heavy (non-hydrogen) atoms. The number of benzene rings is 1. The van der Waals surface area contributed by atoms with Crippen LogP contribution in [0.2, 0.25) is 0 Å². The normalized spacial score (nSPS) is 13.5. The van der Waals surface area contributed by atoms with E-state index in [9.17, 15) is 9.59 Å². The highest BCUT2D eigenvalue weighted by Crippen LogP contribution is 2.40. The van der Waals surface area contributed by atoms with E-state index in [1.54, 1.807) is 19.1 Å². The van der Waals surface area contributed by atoms with E-state index in [0.29, 0.717) is 16.5 Å². The van der Waals surface area contributed by atoms with Gasteiger partial charge in [-0.1, -0.05) is 17.7 Å². The summed E-state index contributed by atoms with van der Waals surface area (Å²) in [7, 11) is 0. The maximum absolute atomic E-state index is 13.2. The number of nitrogens with one attached hydrogen (secondary N) is 1. The molecule has 1 aromatic carbocycles. The molecule has 1 unspecified atom stereocenters. The van der Waals surface area contributed by atoms with Crippen LogP contribution in [0.1, 0.15) is 62.3 Å². The molecule has 0 saturated carbocycles. The molecule has 9 heteroatoms. The van der Waals surface area contributed by atoms with Crippen LogP contribution >= 0.6 is 11.3 Å². The Balaban J connectivity index is 1.35. The minimum atomic E-state index is -0.755. The summed E-state index contributed by atoms with van der Waals surface area (Å²) in [4.78, 5) is 26.8. The lowest BCUT2D eigenvalue weighted by Crippen LogP contribution is -2.16. The first-order valence-corrected chi connectivity index (χ1v) is 11.4. The number of fused-ring (bicyclic) bond motifs is 1. The van der Waals surface area contributed by atoms with Crippen molar-refractivity contribution in [2.45, 2.75) is 39.2 Å². The van der Waals surface area contributed by atoms with Gasteiger partial charge in [0.2, 0.25) is 5.89 Å². The van der Waals surface area contributed by atoms with Crippen molar-refractivity contribution in [3.05, 3.63) is 75.9 Å². The number of anilines is 1. The number of hydrogen-bond acceptors (Lipinski definition) is 8. The molecule has 0 bridgehead atoms. The molecule has 0 fully saturated rings. The van der Waals surface area contributed by atoms with Crippen LogP contribution in [-0.4, -0.2) is 22.1 Å². The molecule has 1 aliphatic carbocycles. The maximum atomic E-state index is 13.2. The summed E-state index contributed by atoms with van der Waals surface area (Å²) in [5.41, 5.74) is 3.23. The van der Waals surface area contributed by atoms with E-state index in [1.807, 2.05) is 31.2 Å². The number of rotatable bonds is 6. The molecule has 3 aromatic heterocycles. The molecule has 1 N–H and O–H groups in total. The van der Waals surface area contributed by atoms with Gasteiger partial charge in [0.1, 0.15) is 5.00 Å². The van der Waals surface area contributed by atoms with Gasteiger partial charge in [-0.3, -0.25) is 4.79 Å². The molecule has 1 aliphatic rings. The van der Waals surface area contributed by atoms with Crippen molar-refractivity contribution in [1.29, 1.82) is 0 Å². The number of nitrogens with zero attached hydrogens (tertiary/aromatic N) is 2. The van der Waals surface area contributed by atoms with E-state index < -0.39 is 18.0 Å². The minimum Gasteiger partial charge on any atom is -0.459 e. The van der Waals surface area contributed by atoms with E-state index in [4.69, 9.17) is 13.6 Å². The third-order valence-corrected chi connectivity index (χ3v) is 6.68. The summed E-state index contributed by atoms with van der Waals surface area (Å²) in [6.45, 7) is 3.68. The van der Waals surface area contributed by atoms with Gasteiger partial charge in [0.05, 0.1) is 11.8 Å². The van der Waals surface area contributed by atoms with Crippen LogP contribution in [0.4, 0.5) is 5.00 Å². The Hall–Kier alpha value is -3.72. The van der Waals surface area contributed by atoms with Crippen LogP contribution in [0, 0.1) is 6.92 Å². The van der Waals surface area contributed by atoms with Crippen molar-refractivity contribution >= 4 is 28.2 Å². The van der Waals surface area contributed by atoms with Gasteiger partial charge in [-0.05, 0) is 62.9 Å². The molecule has 3 heterocycles. The van der Waals surface area contributed by atoms with Crippen molar-refractivity contribution < 1.29 is 23.2 Å². The van der Waals surface area contributed by atoms with E-state index in [-0.39, 0.29) is 11.7 Å². The van der Waals surface area contributed by atoms with Crippen LogP contribution in [0.5, 0.6) is 0 Å². The molecular formula is C24H21N3O5S. The Bertz CT molecular complexity index is 1300. The zero-order chi connectivity index (χ0) is 22.9. The fourth-order valence-corrected chi connectivity index (χ4v) is 5.03. The maximum Gasteiger partial charge on any atom is 0.342 e. The molecule has 0 saturated heterocycles. The number of hydrogen-bond donors (Lipinski definition) is 1.